The number of carbonyl (C=O) groups is 2. The van der Waals surface area contributed by atoms with E-state index in [1.807, 2.05) is 12.3 Å². The Morgan fingerprint density at radius 3 is 2.71 bits per heavy atom. The number of nitrogens with zero attached hydrogens (tertiary/aromatic N) is 2. The van der Waals surface area contributed by atoms with E-state index in [4.69, 9.17) is 10.2 Å². The van der Waals surface area contributed by atoms with Gasteiger partial charge in [0.1, 0.15) is 11.3 Å². The Kier molecular flexibility index (Phi) is 4.39. The molecular formula is C16H14N4O3S. The first-order valence-electron chi connectivity index (χ1n) is 7.07. The van der Waals surface area contributed by atoms with Crippen molar-refractivity contribution in [1.82, 2.24) is 15.3 Å². The quantitative estimate of drug-likeness (QED) is 0.738. The van der Waals surface area contributed by atoms with E-state index in [9.17, 15) is 9.59 Å². The molecule has 0 saturated heterocycles. The summed E-state index contributed by atoms with van der Waals surface area (Å²) in [6.45, 7) is 2.20. The molecule has 0 spiro atoms. The van der Waals surface area contributed by atoms with E-state index in [2.05, 4.69) is 15.3 Å². The standard InChI is InChI=1S/C16H14N4O3S/c1-9-8-24-13(20-9)7-19-15(22)11-4-10(14(17)21)5-12(6-11)16-18-2-3-23-16/h2-6,8H,7H2,1H3,(H2,17,21)(H,19,22). The second-order valence-electron chi connectivity index (χ2n) is 5.07. The topological polar surface area (TPSA) is 111 Å². The molecule has 3 rings (SSSR count). The number of aromatic nitrogens is 2. The minimum atomic E-state index is -0.631. The Balaban J connectivity index is 1.85. The average molecular weight is 342 g/mol. The van der Waals surface area contributed by atoms with Gasteiger partial charge in [-0.25, -0.2) is 9.97 Å². The Bertz CT molecular complexity index is 887. The summed E-state index contributed by atoms with van der Waals surface area (Å²) in [4.78, 5) is 32.2. The third-order valence-electron chi connectivity index (χ3n) is 3.23. The van der Waals surface area contributed by atoms with Gasteiger partial charge in [-0.15, -0.1) is 11.3 Å². The second-order valence-corrected chi connectivity index (χ2v) is 6.01. The molecule has 0 unspecified atom stereocenters. The van der Waals surface area contributed by atoms with Crippen LogP contribution in [0.4, 0.5) is 0 Å². The Labute approximate surface area is 141 Å². The molecule has 122 valence electrons. The molecule has 0 aliphatic rings. The fraction of sp³-hybridized carbons (Fsp3) is 0.125. The van der Waals surface area contributed by atoms with Crippen molar-refractivity contribution >= 4 is 23.2 Å². The highest BCUT2D eigenvalue weighted by atomic mass is 32.1. The molecule has 24 heavy (non-hydrogen) atoms. The zero-order valence-electron chi connectivity index (χ0n) is 12.8. The van der Waals surface area contributed by atoms with Gasteiger partial charge < -0.3 is 15.5 Å². The fourth-order valence-electron chi connectivity index (χ4n) is 2.13. The molecule has 3 N–H and O–H groups in total. The van der Waals surface area contributed by atoms with Gasteiger partial charge in [-0.1, -0.05) is 0 Å². The summed E-state index contributed by atoms with van der Waals surface area (Å²) in [7, 11) is 0. The molecule has 3 aromatic rings. The van der Waals surface area contributed by atoms with E-state index in [0.29, 0.717) is 23.6 Å². The maximum Gasteiger partial charge on any atom is 0.251 e. The Hall–Kier alpha value is -3.00. The summed E-state index contributed by atoms with van der Waals surface area (Å²) in [6, 6.07) is 4.58. The number of amides is 2. The van der Waals surface area contributed by atoms with E-state index in [-0.39, 0.29) is 11.5 Å². The van der Waals surface area contributed by atoms with Gasteiger partial charge in [-0.2, -0.15) is 0 Å². The van der Waals surface area contributed by atoms with Gasteiger partial charge in [-0.05, 0) is 25.1 Å². The summed E-state index contributed by atoms with van der Waals surface area (Å²) in [5.74, 6) is -0.658. The number of hydrogen-bond acceptors (Lipinski definition) is 6. The number of benzene rings is 1. The number of oxazole rings is 1. The monoisotopic (exact) mass is 342 g/mol. The van der Waals surface area contributed by atoms with Crippen molar-refractivity contribution in [2.45, 2.75) is 13.5 Å². The van der Waals surface area contributed by atoms with Crippen LogP contribution < -0.4 is 11.1 Å². The third-order valence-corrected chi connectivity index (χ3v) is 4.19. The van der Waals surface area contributed by atoms with E-state index >= 15 is 0 Å². The lowest BCUT2D eigenvalue weighted by molar-refractivity contribution is 0.0951. The molecule has 2 aromatic heterocycles. The van der Waals surface area contributed by atoms with Crippen molar-refractivity contribution < 1.29 is 14.0 Å². The number of hydrogen-bond donors (Lipinski definition) is 2. The van der Waals surface area contributed by atoms with Gasteiger partial charge >= 0.3 is 0 Å². The van der Waals surface area contributed by atoms with Crippen molar-refractivity contribution in [1.29, 1.82) is 0 Å². The summed E-state index contributed by atoms with van der Waals surface area (Å²) in [5, 5.41) is 5.49. The van der Waals surface area contributed by atoms with Gasteiger partial charge in [0.05, 0.1) is 12.7 Å². The number of nitrogens with two attached hydrogens (primary N) is 1. The first-order valence-corrected chi connectivity index (χ1v) is 7.95. The highest BCUT2D eigenvalue weighted by Gasteiger charge is 2.14. The highest BCUT2D eigenvalue weighted by molar-refractivity contribution is 7.09. The van der Waals surface area contributed by atoms with Crippen molar-refractivity contribution in [3.63, 3.8) is 0 Å². The van der Waals surface area contributed by atoms with Gasteiger partial charge in [0.2, 0.25) is 11.8 Å². The molecule has 0 fully saturated rings. The van der Waals surface area contributed by atoms with Crippen LogP contribution in [0.3, 0.4) is 0 Å². The molecular weight excluding hydrogens is 328 g/mol. The van der Waals surface area contributed by atoms with Gasteiger partial charge in [-0.3, -0.25) is 9.59 Å². The smallest absolute Gasteiger partial charge is 0.251 e. The van der Waals surface area contributed by atoms with Crippen molar-refractivity contribution in [2.24, 2.45) is 5.73 Å². The zero-order valence-corrected chi connectivity index (χ0v) is 13.6. The van der Waals surface area contributed by atoms with E-state index in [1.165, 1.54) is 35.9 Å². The van der Waals surface area contributed by atoms with E-state index < -0.39 is 5.91 Å². The minimum Gasteiger partial charge on any atom is -0.445 e. The zero-order chi connectivity index (χ0) is 17.1. The molecule has 0 atom stereocenters. The Morgan fingerprint density at radius 2 is 2.08 bits per heavy atom. The number of thiazole rings is 1. The lowest BCUT2D eigenvalue weighted by atomic mass is 10.0. The van der Waals surface area contributed by atoms with Crippen LogP contribution in [0.25, 0.3) is 11.5 Å². The van der Waals surface area contributed by atoms with Crippen LogP contribution in [0.1, 0.15) is 31.4 Å². The predicted octanol–water partition coefficient (Wildman–Crippen LogP) is 2.14. The van der Waals surface area contributed by atoms with Gasteiger partial charge in [0.15, 0.2) is 0 Å². The van der Waals surface area contributed by atoms with Crippen LogP contribution in [-0.4, -0.2) is 21.8 Å². The van der Waals surface area contributed by atoms with Crippen molar-refractivity contribution in [3.05, 3.63) is 57.9 Å². The predicted molar refractivity (Wildman–Crippen MR) is 88.5 cm³/mol. The number of primary amides is 1. The molecule has 0 saturated carbocycles. The van der Waals surface area contributed by atoms with Crippen LogP contribution in [-0.2, 0) is 6.54 Å². The number of rotatable bonds is 5. The van der Waals surface area contributed by atoms with Crippen molar-refractivity contribution in [3.8, 4) is 11.5 Å². The molecule has 8 heteroatoms. The normalized spacial score (nSPS) is 10.5. The lowest BCUT2D eigenvalue weighted by Gasteiger charge is -2.07. The van der Waals surface area contributed by atoms with Crippen molar-refractivity contribution in [2.75, 3.05) is 0 Å². The fourth-order valence-corrected chi connectivity index (χ4v) is 2.84. The van der Waals surface area contributed by atoms with Gasteiger partial charge in [0.25, 0.3) is 5.91 Å². The van der Waals surface area contributed by atoms with E-state index in [1.54, 1.807) is 6.07 Å². The van der Waals surface area contributed by atoms with Crippen LogP contribution in [0.2, 0.25) is 0 Å². The lowest BCUT2D eigenvalue weighted by Crippen LogP contribution is -2.23. The average Bonchev–Trinajstić information content (AvgIpc) is 3.23. The summed E-state index contributed by atoms with van der Waals surface area (Å²) >= 11 is 1.47. The summed E-state index contributed by atoms with van der Waals surface area (Å²) in [6.07, 6.45) is 2.90. The van der Waals surface area contributed by atoms with Crippen LogP contribution in [0, 0.1) is 6.92 Å². The SMILES string of the molecule is Cc1csc(CNC(=O)c2cc(C(N)=O)cc(-c3ncco3)c2)n1. The first-order chi connectivity index (χ1) is 11.5. The molecule has 7 nitrogen and oxygen atoms in total. The molecule has 1 aromatic carbocycles. The largest absolute Gasteiger partial charge is 0.445 e. The summed E-state index contributed by atoms with van der Waals surface area (Å²) in [5.41, 5.74) is 7.27. The third kappa shape index (κ3) is 3.49. The van der Waals surface area contributed by atoms with Crippen LogP contribution in [0.15, 0.2) is 40.5 Å². The number of nitrogens with one attached hydrogen (secondary N) is 1. The molecule has 2 amide bonds. The summed E-state index contributed by atoms with van der Waals surface area (Å²) < 4.78 is 5.22. The van der Waals surface area contributed by atoms with Crippen LogP contribution in [0.5, 0.6) is 0 Å². The van der Waals surface area contributed by atoms with Crippen LogP contribution >= 0.6 is 11.3 Å². The maximum absolute atomic E-state index is 12.4. The molecule has 0 radical (unpaired) electrons. The van der Waals surface area contributed by atoms with Gasteiger partial charge in [0, 0.05) is 27.8 Å². The minimum absolute atomic E-state index is 0.209. The first kappa shape index (κ1) is 15.9. The molecule has 0 bridgehead atoms. The number of carbonyl (C=O) groups excluding carboxylic acids is 2. The second kappa shape index (κ2) is 6.63. The molecule has 2 heterocycles. The Morgan fingerprint density at radius 1 is 1.29 bits per heavy atom. The molecule has 0 aliphatic heterocycles. The number of aryl methyl sites for hydroxylation is 1. The maximum atomic E-state index is 12.4. The van der Waals surface area contributed by atoms with E-state index in [0.717, 1.165) is 10.7 Å². The highest BCUT2D eigenvalue weighted by Crippen LogP contribution is 2.21. The molecule has 0 aliphatic carbocycles.